The molecule has 18 heavy (non-hydrogen) atoms. The van der Waals surface area contributed by atoms with Crippen molar-refractivity contribution in [1.82, 2.24) is 4.98 Å². The highest BCUT2D eigenvalue weighted by Crippen LogP contribution is 2.26. The highest BCUT2D eigenvalue weighted by atomic mass is 14.7. The second-order valence-corrected chi connectivity index (χ2v) is 4.14. The summed E-state index contributed by atoms with van der Waals surface area (Å²) < 4.78 is 0. The predicted molar refractivity (Wildman–Crippen MR) is 71.4 cm³/mol. The van der Waals surface area contributed by atoms with Crippen molar-refractivity contribution in [3.05, 3.63) is 47.7 Å². The van der Waals surface area contributed by atoms with Gasteiger partial charge in [0.15, 0.2) is 0 Å². The average Bonchev–Trinajstić information content (AvgIpc) is 2.38. The zero-order valence-electron chi connectivity index (χ0n) is 10.1. The maximum absolute atomic E-state index is 9.01. The monoisotopic (exact) mass is 238 g/mol. The number of para-hydroxylation sites is 1. The smallest absolute Gasteiger partial charge is 0.101 e. The summed E-state index contributed by atoms with van der Waals surface area (Å²) in [6.07, 6.45) is 1.54. The van der Waals surface area contributed by atoms with Crippen LogP contribution in [0.25, 0.3) is 11.3 Å². The van der Waals surface area contributed by atoms with Crippen molar-refractivity contribution in [2.24, 2.45) is 5.73 Å². The van der Waals surface area contributed by atoms with Crippen molar-refractivity contribution in [2.45, 2.75) is 13.0 Å². The van der Waals surface area contributed by atoms with Crippen molar-refractivity contribution in [1.29, 1.82) is 5.26 Å². The number of rotatable bonds is 2. The van der Waals surface area contributed by atoms with Crippen LogP contribution < -0.4 is 11.5 Å². The molecule has 1 atom stereocenters. The van der Waals surface area contributed by atoms with E-state index in [1.165, 1.54) is 0 Å². The molecule has 0 radical (unpaired) electrons. The summed E-state index contributed by atoms with van der Waals surface area (Å²) in [5.41, 5.74) is 15.3. The third-order valence-corrected chi connectivity index (χ3v) is 2.78. The van der Waals surface area contributed by atoms with E-state index < -0.39 is 0 Å². The molecule has 0 aliphatic rings. The van der Waals surface area contributed by atoms with Gasteiger partial charge in [0.25, 0.3) is 0 Å². The van der Waals surface area contributed by atoms with Gasteiger partial charge in [0.05, 0.1) is 11.3 Å². The van der Waals surface area contributed by atoms with Crippen molar-refractivity contribution >= 4 is 5.69 Å². The number of hydrogen-bond acceptors (Lipinski definition) is 4. The molecule has 1 aromatic heterocycles. The van der Waals surface area contributed by atoms with Gasteiger partial charge < -0.3 is 11.5 Å². The lowest BCUT2D eigenvalue weighted by atomic mass is 10.0. The molecule has 90 valence electrons. The van der Waals surface area contributed by atoms with E-state index in [0.717, 1.165) is 16.8 Å². The Morgan fingerprint density at radius 2 is 2.06 bits per heavy atom. The van der Waals surface area contributed by atoms with E-state index >= 15 is 0 Å². The average molecular weight is 238 g/mol. The van der Waals surface area contributed by atoms with E-state index in [-0.39, 0.29) is 6.04 Å². The molecule has 1 heterocycles. The zero-order chi connectivity index (χ0) is 13.1. The fourth-order valence-electron chi connectivity index (χ4n) is 1.82. The lowest BCUT2D eigenvalue weighted by Gasteiger charge is -2.11. The van der Waals surface area contributed by atoms with Gasteiger partial charge in [0, 0.05) is 23.5 Å². The Kier molecular flexibility index (Phi) is 3.26. The van der Waals surface area contributed by atoms with Crippen molar-refractivity contribution in [3.8, 4) is 17.3 Å². The van der Waals surface area contributed by atoms with Gasteiger partial charge in [0.2, 0.25) is 0 Å². The highest BCUT2D eigenvalue weighted by molar-refractivity contribution is 5.74. The van der Waals surface area contributed by atoms with Crippen LogP contribution in [0.2, 0.25) is 0 Å². The van der Waals surface area contributed by atoms with Crippen LogP contribution in [0, 0.1) is 11.3 Å². The lowest BCUT2D eigenvalue weighted by Crippen LogP contribution is -2.08. The molecule has 0 spiro atoms. The minimum absolute atomic E-state index is 0.216. The van der Waals surface area contributed by atoms with Crippen LogP contribution >= 0.6 is 0 Å². The summed E-state index contributed by atoms with van der Waals surface area (Å²) in [6.45, 7) is 1.84. The van der Waals surface area contributed by atoms with Gasteiger partial charge in [-0.15, -0.1) is 0 Å². The predicted octanol–water partition coefficient (Wildman–Crippen LogP) is 2.22. The topological polar surface area (TPSA) is 88.7 Å². The zero-order valence-corrected chi connectivity index (χ0v) is 10.1. The molecule has 4 nitrogen and oxygen atoms in total. The van der Waals surface area contributed by atoms with Gasteiger partial charge in [-0.05, 0) is 24.6 Å². The van der Waals surface area contributed by atoms with Crippen molar-refractivity contribution in [2.75, 3.05) is 5.73 Å². The molecular weight excluding hydrogens is 224 g/mol. The molecule has 2 rings (SSSR count). The molecule has 4 heteroatoms. The van der Waals surface area contributed by atoms with E-state index in [1.54, 1.807) is 6.20 Å². The number of hydrogen-bond donors (Lipinski definition) is 2. The first-order chi connectivity index (χ1) is 8.63. The summed E-state index contributed by atoms with van der Waals surface area (Å²) in [5.74, 6) is 0. The summed E-state index contributed by atoms with van der Waals surface area (Å²) in [6, 6.07) is 11.2. The quantitative estimate of drug-likeness (QED) is 0.785. The maximum Gasteiger partial charge on any atom is 0.101 e. The molecule has 2 aromatic rings. The minimum Gasteiger partial charge on any atom is -0.398 e. The summed E-state index contributed by atoms with van der Waals surface area (Å²) in [5, 5.41) is 9.01. The Morgan fingerprint density at radius 3 is 2.67 bits per heavy atom. The fourth-order valence-corrected chi connectivity index (χ4v) is 1.82. The normalized spacial score (nSPS) is 11.8. The molecule has 0 amide bonds. The first-order valence-electron chi connectivity index (χ1n) is 5.64. The number of aromatic nitrogens is 1. The number of benzene rings is 1. The van der Waals surface area contributed by atoms with E-state index in [1.807, 2.05) is 37.3 Å². The number of nitrogens with zero attached hydrogens (tertiary/aromatic N) is 2. The standard InChI is InChI=1S/C14H14N4/c1-9(16)12-6-14(18-8-10(12)7-15)11-4-2-3-5-13(11)17/h2-6,8-9H,16-17H2,1H3. The minimum atomic E-state index is -0.216. The summed E-state index contributed by atoms with van der Waals surface area (Å²) >= 11 is 0. The second kappa shape index (κ2) is 4.86. The Balaban J connectivity index is 2.58. The second-order valence-electron chi connectivity index (χ2n) is 4.14. The molecule has 0 aliphatic heterocycles. The SMILES string of the molecule is CC(N)c1cc(-c2ccccc2N)ncc1C#N. The number of nitrogens with two attached hydrogens (primary N) is 2. The Morgan fingerprint density at radius 1 is 1.33 bits per heavy atom. The molecular formula is C14H14N4. The molecule has 0 saturated heterocycles. The lowest BCUT2D eigenvalue weighted by molar-refractivity contribution is 0.812. The number of anilines is 1. The molecule has 0 aliphatic carbocycles. The Labute approximate surface area is 106 Å². The molecule has 0 fully saturated rings. The van der Waals surface area contributed by atoms with Crippen LogP contribution in [0.4, 0.5) is 5.69 Å². The van der Waals surface area contributed by atoms with E-state index in [9.17, 15) is 0 Å². The summed E-state index contributed by atoms with van der Waals surface area (Å²) in [7, 11) is 0. The molecule has 0 saturated carbocycles. The van der Waals surface area contributed by atoms with Gasteiger partial charge in [-0.2, -0.15) is 5.26 Å². The maximum atomic E-state index is 9.01. The van der Waals surface area contributed by atoms with Crippen LogP contribution in [-0.2, 0) is 0 Å². The Hall–Kier alpha value is -2.38. The highest BCUT2D eigenvalue weighted by Gasteiger charge is 2.11. The third-order valence-electron chi connectivity index (χ3n) is 2.78. The van der Waals surface area contributed by atoms with Crippen LogP contribution in [-0.4, -0.2) is 4.98 Å². The molecule has 4 N–H and O–H groups in total. The van der Waals surface area contributed by atoms with E-state index in [2.05, 4.69) is 11.1 Å². The van der Waals surface area contributed by atoms with Crippen LogP contribution in [0.3, 0.4) is 0 Å². The number of nitriles is 1. The van der Waals surface area contributed by atoms with Crippen molar-refractivity contribution in [3.63, 3.8) is 0 Å². The van der Waals surface area contributed by atoms with Gasteiger partial charge in [-0.3, -0.25) is 4.98 Å². The van der Waals surface area contributed by atoms with E-state index in [4.69, 9.17) is 16.7 Å². The van der Waals surface area contributed by atoms with Crippen LogP contribution in [0.1, 0.15) is 24.1 Å². The largest absolute Gasteiger partial charge is 0.398 e. The Bertz CT molecular complexity index is 611. The molecule has 1 unspecified atom stereocenters. The van der Waals surface area contributed by atoms with Crippen molar-refractivity contribution < 1.29 is 0 Å². The number of pyridine rings is 1. The molecule has 0 bridgehead atoms. The van der Waals surface area contributed by atoms with E-state index in [0.29, 0.717) is 11.3 Å². The summed E-state index contributed by atoms with van der Waals surface area (Å²) in [4.78, 5) is 4.27. The fraction of sp³-hybridized carbons (Fsp3) is 0.143. The van der Waals surface area contributed by atoms with Crippen LogP contribution in [0.5, 0.6) is 0 Å². The number of nitrogen functional groups attached to an aromatic ring is 1. The van der Waals surface area contributed by atoms with Gasteiger partial charge in [-0.25, -0.2) is 0 Å². The van der Waals surface area contributed by atoms with Gasteiger partial charge >= 0.3 is 0 Å². The third kappa shape index (κ3) is 2.17. The first-order valence-corrected chi connectivity index (χ1v) is 5.64. The van der Waals surface area contributed by atoms with Gasteiger partial charge in [0.1, 0.15) is 6.07 Å². The molecule has 1 aromatic carbocycles. The van der Waals surface area contributed by atoms with Gasteiger partial charge in [-0.1, -0.05) is 18.2 Å². The van der Waals surface area contributed by atoms with Crippen LogP contribution in [0.15, 0.2) is 36.5 Å². The first kappa shape index (κ1) is 12.1.